The number of oxazole rings is 1. The molecule has 0 amide bonds. The zero-order valence-corrected chi connectivity index (χ0v) is 12.6. The first kappa shape index (κ1) is 15.0. The van der Waals surface area contributed by atoms with E-state index in [1.807, 2.05) is 0 Å². The summed E-state index contributed by atoms with van der Waals surface area (Å²) >= 11 is 0. The summed E-state index contributed by atoms with van der Waals surface area (Å²) in [7, 11) is 0. The van der Waals surface area contributed by atoms with Crippen LogP contribution < -0.4 is 0 Å². The second-order valence-corrected chi connectivity index (χ2v) is 6.59. The molecule has 0 saturated carbocycles. The van der Waals surface area contributed by atoms with E-state index in [2.05, 4.69) is 30.7 Å². The van der Waals surface area contributed by atoms with Gasteiger partial charge in [-0.05, 0) is 19.4 Å². The first-order valence-corrected chi connectivity index (χ1v) is 7.27. The molecule has 1 N–H and O–H groups in total. The van der Waals surface area contributed by atoms with Gasteiger partial charge in [0.05, 0.1) is 19.2 Å². The first-order valence-electron chi connectivity index (χ1n) is 7.27. The predicted octanol–water partition coefficient (Wildman–Crippen LogP) is 2.80. The Balaban J connectivity index is 2.03. The van der Waals surface area contributed by atoms with Crippen molar-refractivity contribution in [3.8, 4) is 0 Å². The van der Waals surface area contributed by atoms with Crippen LogP contribution in [0.2, 0.25) is 0 Å². The SMILES string of the molecule is CC(C)(C)c1cnc(CN2CCCCC2CC(=O)O)o1. The summed E-state index contributed by atoms with van der Waals surface area (Å²) in [5, 5.41) is 8.99. The minimum atomic E-state index is -0.732. The van der Waals surface area contributed by atoms with Crippen molar-refractivity contribution in [2.75, 3.05) is 6.54 Å². The van der Waals surface area contributed by atoms with Crippen LogP contribution in [0.3, 0.4) is 0 Å². The number of carboxylic acids is 1. The highest BCUT2D eigenvalue weighted by Gasteiger charge is 2.26. The summed E-state index contributed by atoms with van der Waals surface area (Å²) < 4.78 is 5.80. The molecule has 1 fully saturated rings. The maximum Gasteiger partial charge on any atom is 0.304 e. The zero-order valence-electron chi connectivity index (χ0n) is 12.6. The second kappa shape index (κ2) is 5.95. The number of nitrogens with zero attached hydrogens (tertiary/aromatic N) is 2. The lowest BCUT2D eigenvalue weighted by molar-refractivity contribution is -0.138. The van der Waals surface area contributed by atoms with Gasteiger partial charge in [0.2, 0.25) is 5.89 Å². The number of hydrogen-bond donors (Lipinski definition) is 1. The normalized spacial score (nSPS) is 21.1. The number of aliphatic carboxylic acids is 1. The third kappa shape index (κ3) is 3.82. The molecule has 0 radical (unpaired) electrons. The van der Waals surface area contributed by atoms with E-state index in [0.29, 0.717) is 12.4 Å². The molecule has 1 aliphatic heterocycles. The van der Waals surface area contributed by atoms with Crippen LogP contribution in [0.5, 0.6) is 0 Å². The Kier molecular flexibility index (Phi) is 4.48. The van der Waals surface area contributed by atoms with Crippen LogP contribution in [-0.4, -0.2) is 33.5 Å². The molecule has 2 rings (SSSR count). The van der Waals surface area contributed by atoms with E-state index in [1.165, 1.54) is 0 Å². The van der Waals surface area contributed by atoms with Crippen LogP contribution in [0, 0.1) is 0 Å². The molecular formula is C15H24N2O3. The van der Waals surface area contributed by atoms with Gasteiger partial charge in [0.25, 0.3) is 0 Å². The van der Waals surface area contributed by atoms with Crippen molar-refractivity contribution in [1.29, 1.82) is 0 Å². The maximum absolute atomic E-state index is 10.9. The summed E-state index contributed by atoms with van der Waals surface area (Å²) in [6.07, 6.45) is 5.15. The van der Waals surface area contributed by atoms with Crippen LogP contribution in [0.15, 0.2) is 10.6 Å². The van der Waals surface area contributed by atoms with Crippen LogP contribution in [0.1, 0.15) is 58.1 Å². The zero-order chi connectivity index (χ0) is 14.8. The minimum Gasteiger partial charge on any atom is -0.481 e. The van der Waals surface area contributed by atoms with Gasteiger partial charge in [-0.15, -0.1) is 0 Å². The van der Waals surface area contributed by atoms with Crippen molar-refractivity contribution < 1.29 is 14.3 Å². The molecule has 0 bridgehead atoms. The monoisotopic (exact) mass is 280 g/mol. The number of carbonyl (C=O) groups is 1. The van der Waals surface area contributed by atoms with Gasteiger partial charge in [-0.3, -0.25) is 9.69 Å². The fourth-order valence-corrected chi connectivity index (χ4v) is 2.60. The van der Waals surface area contributed by atoms with E-state index < -0.39 is 5.97 Å². The Labute approximate surface area is 120 Å². The number of hydrogen-bond acceptors (Lipinski definition) is 4. The van der Waals surface area contributed by atoms with Crippen molar-refractivity contribution in [3.05, 3.63) is 17.8 Å². The van der Waals surface area contributed by atoms with Crippen molar-refractivity contribution >= 4 is 5.97 Å². The molecule has 1 atom stereocenters. The van der Waals surface area contributed by atoms with E-state index in [-0.39, 0.29) is 17.9 Å². The maximum atomic E-state index is 10.9. The highest BCUT2D eigenvalue weighted by atomic mass is 16.4. The van der Waals surface area contributed by atoms with Gasteiger partial charge in [0.15, 0.2) is 0 Å². The van der Waals surface area contributed by atoms with E-state index in [1.54, 1.807) is 6.20 Å². The number of carboxylic acid groups (broad SMARTS) is 1. The molecular weight excluding hydrogens is 256 g/mol. The number of aromatic nitrogens is 1. The van der Waals surface area contributed by atoms with Gasteiger partial charge in [-0.2, -0.15) is 0 Å². The fraction of sp³-hybridized carbons (Fsp3) is 0.733. The molecule has 0 aliphatic carbocycles. The predicted molar refractivity (Wildman–Crippen MR) is 75.5 cm³/mol. The fourth-order valence-electron chi connectivity index (χ4n) is 2.60. The summed E-state index contributed by atoms with van der Waals surface area (Å²) in [5.41, 5.74) is -0.0480. The van der Waals surface area contributed by atoms with E-state index >= 15 is 0 Å². The number of piperidine rings is 1. The van der Waals surface area contributed by atoms with Gasteiger partial charge in [0.1, 0.15) is 5.76 Å². The van der Waals surface area contributed by atoms with Gasteiger partial charge < -0.3 is 9.52 Å². The van der Waals surface area contributed by atoms with E-state index in [9.17, 15) is 4.79 Å². The smallest absolute Gasteiger partial charge is 0.304 e. The molecule has 1 aromatic rings. The Morgan fingerprint density at radius 3 is 2.85 bits per heavy atom. The van der Waals surface area contributed by atoms with Crippen molar-refractivity contribution in [1.82, 2.24) is 9.88 Å². The van der Waals surface area contributed by atoms with E-state index in [0.717, 1.165) is 31.6 Å². The summed E-state index contributed by atoms with van der Waals surface area (Å²) in [4.78, 5) is 17.5. The number of rotatable bonds is 4. The summed E-state index contributed by atoms with van der Waals surface area (Å²) in [6, 6.07) is 0.103. The second-order valence-electron chi connectivity index (χ2n) is 6.59. The molecule has 20 heavy (non-hydrogen) atoms. The minimum absolute atomic E-state index is 0.0480. The third-order valence-electron chi connectivity index (χ3n) is 3.79. The molecule has 1 aromatic heterocycles. The topological polar surface area (TPSA) is 66.6 Å². The standard InChI is InChI=1S/C15H24N2O3/c1-15(2,3)12-9-16-13(20-12)10-17-7-5-4-6-11(17)8-14(18)19/h9,11H,4-8,10H2,1-3H3,(H,18,19). The Morgan fingerprint density at radius 2 is 2.25 bits per heavy atom. The summed E-state index contributed by atoms with van der Waals surface area (Å²) in [5.74, 6) is 0.830. The average Bonchev–Trinajstić information content (AvgIpc) is 2.79. The Morgan fingerprint density at radius 1 is 1.50 bits per heavy atom. The van der Waals surface area contributed by atoms with Gasteiger partial charge >= 0.3 is 5.97 Å². The lowest BCUT2D eigenvalue weighted by atomic mass is 9.94. The average molecular weight is 280 g/mol. The van der Waals surface area contributed by atoms with Crippen molar-refractivity contribution in [2.24, 2.45) is 0 Å². The van der Waals surface area contributed by atoms with Gasteiger partial charge in [-0.1, -0.05) is 27.2 Å². The molecule has 112 valence electrons. The van der Waals surface area contributed by atoms with Crippen molar-refractivity contribution in [2.45, 2.75) is 64.5 Å². The quantitative estimate of drug-likeness (QED) is 0.918. The largest absolute Gasteiger partial charge is 0.481 e. The third-order valence-corrected chi connectivity index (χ3v) is 3.79. The highest BCUT2D eigenvalue weighted by molar-refractivity contribution is 5.67. The molecule has 5 heteroatoms. The lowest BCUT2D eigenvalue weighted by Gasteiger charge is -2.33. The molecule has 0 spiro atoms. The van der Waals surface area contributed by atoms with Gasteiger partial charge in [-0.25, -0.2) is 4.98 Å². The first-order chi connectivity index (χ1) is 9.36. The van der Waals surface area contributed by atoms with E-state index in [4.69, 9.17) is 9.52 Å². The molecule has 1 aliphatic rings. The van der Waals surface area contributed by atoms with Crippen LogP contribution in [0.25, 0.3) is 0 Å². The van der Waals surface area contributed by atoms with Crippen LogP contribution in [-0.2, 0) is 16.8 Å². The van der Waals surface area contributed by atoms with Gasteiger partial charge in [0, 0.05) is 11.5 Å². The summed E-state index contributed by atoms with van der Waals surface area (Å²) in [6.45, 7) is 7.79. The molecule has 2 heterocycles. The highest BCUT2D eigenvalue weighted by Crippen LogP contribution is 2.25. The van der Waals surface area contributed by atoms with Crippen LogP contribution in [0.4, 0.5) is 0 Å². The Bertz CT molecular complexity index is 462. The molecule has 0 aromatic carbocycles. The van der Waals surface area contributed by atoms with Crippen LogP contribution >= 0.6 is 0 Å². The Hall–Kier alpha value is -1.36. The lowest BCUT2D eigenvalue weighted by Crippen LogP contribution is -2.40. The molecule has 1 saturated heterocycles. The van der Waals surface area contributed by atoms with Crippen molar-refractivity contribution in [3.63, 3.8) is 0 Å². The number of likely N-dealkylation sites (tertiary alicyclic amines) is 1. The molecule has 5 nitrogen and oxygen atoms in total. The molecule has 1 unspecified atom stereocenters.